The van der Waals surface area contributed by atoms with Crippen molar-refractivity contribution in [2.24, 2.45) is 0 Å². The predicted molar refractivity (Wildman–Crippen MR) is 87.6 cm³/mol. The van der Waals surface area contributed by atoms with Crippen LogP contribution in [0.25, 0.3) is 0 Å². The van der Waals surface area contributed by atoms with E-state index in [1.807, 2.05) is 12.1 Å². The number of halogens is 1. The van der Waals surface area contributed by atoms with Crippen molar-refractivity contribution in [3.63, 3.8) is 0 Å². The number of hydrogen-bond acceptors (Lipinski definition) is 2. The summed E-state index contributed by atoms with van der Waals surface area (Å²) in [6.07, 6.45) is 3.10. The van der Waals surface area contributed by atoms with Gasteiger partial charge in [0.05, 0.1) is 18.7 Å². The number of carbonyl (C=O) groups is 1. The predicted octanol–water partition coefficient (Wildman–Crippen LogP) is 4.16. The normalized spacial score (nSPS) is 16.7. The lowest BCUT2D eigenvalue weighted by Gasteiger charge is -2.26. The Balaban J connectivity index is 1.85. The van der Waals surface area contributed by atoms with Crippen LogP contribution in [0.15, 0.2) is 42.5 Å². The van der Waals surface area contributed by atoms with E-state index in [0.29, 0.717) is 16.3 Å². The summed E-state index contributed by atoms with van der Waals surface area (Å²) in [5.74, 6) is 0.382. The summed E-state index contributed by atoms with van der Waals surface area (Å²) in [4.78, 5) is 12.6. The second-order valence-electron chi connectivity index (χ2n) is 5.46. The molecule has 114 valence electrons. The third kappa shape index (κ3) is 2.95. The molecule has 1 N–H and O–H groups in total. The summed E-state index contributed by atoms with van der Waals surface area (Å²) < 4.78 is 5.26. The minimum absolute atomic E-state index is 0.0427. The van der Waals surface area contributed by atoms with Gasteiger partial charge in [-0.15, -0.1) is 0 Å². The Labute approximate surface area is 135 Å². The van der Waals surface area contributed by atoms with Crippen LogP contribution in [-0.4, -0.2) is 13.0 Å². The van der Waals surface area contributed by atoms with Crippen molar-refractivity contribution in [2.45, 2.75) is 25.3 Å². The lowest BCUT2D eigenvalue weighted by molar-refractivity contribution is 0.0929. The summed E-state index contributed by atoms with van der Waals surface area (Å²) in [5.41, 5.74) is 3.00. The van der Waals surface area contributed by atoms with Gasteiger partial charge in [-0.2, -0.15) is 0 Å². The molecule has 1 amide bonds. The van der Waals surface area contributed by atoms with Gasteiger partial charge in [0.25, 0.3) is 5.91 Å². The van der Waals surface area contributed by atoms with E-state index < -0.39 is 0 Å². The number of nitrogens with one attached hydrogen (secondary N) is 1. The minimum Gasteiger partial charge on any atom is -0.496 e. The van der Waals surface area contributed by atoms with Crippen molar-refractivity contribution in [1.82, 2.24) is 5.32 Å². The molecule has 4 heteroatoms. The third-order valence-electron chi connectivity index (χ3n) is 4.08. The average molecular weight is 316 g/mol. The van der Waals surface area contributed by atoms with E-state index in [1.165, 1.54) is 11.1 Å². The first-order valence-corrected chi connectivity index (χ1v) is 7.79. The molecule has 0 spiro atoms. The van der Waals surface area contributed by atoms with Crippen LogP contribution in [0.1, 0.15) is 40.4 Å². The number of methoxy groups -OCH3 is 1. The first kappa shape index (κ1) is 14.9. The Kier molecular flexibility index (Phi) is 4.34. The second kappa shape index (κ2) is 6.41. The van der Waals surface area contributed by atoms with Crippen LogP contribution in [-0.2, 0) is 6.42 Å². The van der Waals surface area contributed by atoms with Gasteiger partial charge in [-0.25, -0.2) is 0 Å². The fourth-order valence-corrected chi connectivity index (χ4v) is 3.17. The molecule has 2 aromatic carbocycles. The fourth-order valence-electron chi connectivity index (χ4n) is 3.00. The zero-order valence-corrected chi connectivity index (χ0v) is 13.2. The average Bonchev–Trinajstić information content (AvgIpc) is 2.55. The molecule has 0 fully saturated rings. The maximum absolute atomic E-state index is 12.6. The highest BCUT2D eigenvalue weighted by Gasteiger charge is 2.23. The van der Waals surface area contributed by atoms with Gasteiger partial charge < -0.3 is 10.1 Å². The highest BCUT2D eigenvalue weighted by molar-refractivity contribution is 6.31. The first-order valence-electron chi connectivity index (χ1n) is 7.41. The van der Waals surface area contributed by atoms with Crippen molar-refractivity contribution in [3.05, 3.63) is 64.2 Å². The summed E-state index contributed by atoms with van der Waals surface area (Å²) in [5, 5.41) is 3.64. The fraction of sp³-hybridized carbons (Fsp3) is 0.278. The van der Waals surface area contributed by atoms with Crippen LogP contribution in [0.4, 0.5) is 0 Å². The Morgan fingerprint density at radius 1 is 1.27 bits per heavy atom. The Morgan fingerprint density at radius 3 is 2.91 bits per heavy atom. The van der Waals surface area contributed by atoms with Crippen LogP contribution in [0.3, 0.4) is 0 Å². The van der Waals surface area contributed by atoms with Gasteiger partial charge in [0.2, 0.25) is 0 Å². The molecule has 1 aliphatic rings. The van der Waals surface area contributed by atoms with E-state index in [2.05, 4.69) is 17.4 Å². The topological polar surface area (TPSA) is 38.3 Å². The van der Waals surface area contributed by atoms with E-state index in [9.17, 15) is 4.79 Å². The molecule has 0 radical (unpaired) electrons. The molecule has 0 saturated carbocycles. The van der Waals surface area contributed by atoms with E-state index >= 15 is 0 Å². The summed E-state index contributed by atoms with van der Waals surface area (Å²) >= 11 is 6.01. The van der Waals surface area contributed by atoms with Gasteiger partial charge in [0.1, 0.15) is 5.75 Å². The zero-order chi connectivity index (χ0) is 15.5. The monoisotopic (exact) mass is 315 g/mol. The number of rotatable bonds is 3. The molecule has 3 nitrogen and oxygen atoms in total. The highest BCUT2D eigenvalue weighted by atomic mass is 35.5. The van der Waals surface area contributed by atoms with Gasteiger partial charge in [0.15, 0.2) is 0 Å². The van der Waals surface area contributed by atoms with Gasteiger partial charge in [0, 0.05) is 5.02 Å². The standard InChI is InChI=1S/C18H18ClNO2/c1-22-17-10-9-13(19)11-15(17)18(21)20-16-8-4-6-12-5-2-3-7-14(12)16/h2-3,5,7,9-11,16H,4,6,8H2,1H3,(H,20,21)/t16-/m1/s1. The molecule has 0 aromatic heterocycles. The maximum Gasteiger partial charge on any atom is 0.255 e. The van der Waals surface area contributed by atoms with Crippen LogP contribution >= 0.6 is 11.6 Å². The quantitative estimate of drug-likeness (QED) is 0.923. The SMILES string of the molecule is COc1ccc(Cl)cc1C(=O)N[C@@H]1CCCc2ccccc21. The second-order valence-corrected chi connectivity index (χ2v) is 5.90. The Morgan fingerprint density at radius 2 is 2.09 bits per heavy atom. The number of amides is 1. The van der Waals surface area contributed by atoms with Gasteiger partial charge in [-0.1, -0.05) is 35.9 Å². The lowest BCUT2D eigenvalue weighted by atomic mass is 9.87. The van der Waals surface area contributed by atoms with Crippen molar-refractivity contribution in [1.29, 1.82) is 0 Å². The van der Waals surface area contributed by atoms with Crippen LogP contribution in [0.2, 0.25) is 5.02 Å². The molecular formula is C18H18ClNO2. The molecule has 0 aliphatic heterocycles. The smallest absolute Gasteiger partial charge is 0.255 e. The molecule has 3 rings (SSSR count). The molecule has 0 saturated heterocycles. The van der Waals surface area contributed by atoms with E-state index in [1.54, 1.807) is 25.3 Å². The summed E-state index contributed by atoms with van der Waals surface area (Å²) in [6, 6.07) is 13.4. The lowest BCUT2D eigenvalue weighted by Crippen LogP contribution is -2.31. The number of carbonyl (C=O) groups excluding carboxylic acids is 1. The zero-order valence-electron chi connectivity index (χ0n) is 12.4. The largest absolute Gasteiger partial charge is 0.496 e. The van der Waals surface area contributed by atoms with Crippen molar-refractivity contribution in [3.8, 4) is 5.75 Å². The number of aryl methyl sites for hydroxylation is 1. The number of ether oxygens (including phenoxy) is 1. The molecule has 1 aliphatic carbocycles. The van der Waals surface area contributed by atoms with Crippen LogP contribution < -0.4 is 10.1 Å². The maximum atomic E-state index is 12.6. The number of benzene rings is 2. The number of fused-ring (bicyclic) bond motifs is 1. The van der Waals surface area contributed by atoms with E-state index in [-0.39, 0.29) is 11.9 Å². The van der Waals surface area contributed by atoms with Crippen molar-refractivity contribution >= 4 is 17.5 Å². The van der Waals surface area contributed by atoms with Gasteiger partial charge in [-0.3, -0.25) is 4.79 Å². The third-order valence-corrected chi connectivity index (χ3v) is 4.32. The van der Waals surface area contributed by atoms with Crippen molar-refractivity contribution < 1.29 is 9.53 Å². The number of hydrogen-bond donors (Lipinski definition) is 1. The molecule has 0 unspecified atom stereocenters. The molecule has 22 heavy (non-hydrogen) atoms. The minimum atomic E-state index is -0.152. The summed E-state index contributed by atoms with van der Waals surface area (Å²) in [7, 11) is 1.55. The molecule has 2 aromatic rings. The van der Waals surface area contributed by atoms with Crippen LogP contribution in [0.5, 0.6) is 5.75 Å². The molecule has 0 heterocycles. The Bertz CT molecular complexity index is 699. The molecule has 0 bridgehead atoms. The van der Waals surface area contributed by atoms with Crippen molar-refractivity contribution in [2.75, 3.05) is 7.11 Å². The van der Waals surface area contributed by atoms with Gasteiger partial charge in [-0.05, 0) is 48.6 Å². The van der Waals surface area contributed by atoms with E-state index in [0.717, 1.165) is 19.3 Å². The molecule has 1 atom stereocenters. The van der Waals surface area contributed by atoms with Crippen LogP contribution in [0, 0.1) is 0 Å². The summed E-state index contributed by atoms with van der Waals surface area (Å²) in [6.45, 7) is 0. The Hall–Kier alpha value is -2.00. The highest BCUT2D eigenvalue weighted by Crippen LogP contribution is 2.30. The van der Waals surface area contributed by atoms with Gasteiger partial charge >= 0.3 is 0 Å². The first-order chi connectivity index (χ1) is 10.7. The molecular weight excluding hydrogens is 298 g/mol. The van der Waals surface area contributed by atoms with E-state index in [4.69, 9.17) is 16.3 Å².